The van der Waals surface area contributed by atoms with Crippen molar-refractivity contribution in [3.63, 3.8) is 0 Å². The highest BCUT2D eigenvalue weighted by atomic mass is 32.2. The number of thioether (sulfide) groups is 1. The van der Waals surface area contributed by atoms with Crippen molar-refractivity contribution in [1.82, 2.24) is 14.9 Å². The highest BCUT2D eigenvalue weighted by Gasteiger charge is 2.14. The van der Waals surface area contributed by atoms with Gasteiger partial charge in [0, 0.05) is 12.7 Å². The molecule has 0 aliphatic carbocycles. The number of rotatable bonds is 8. The summed E-state index contributed by atoms with van der Waals surface area (Å²) in [6.07, 6.45) is 1.49. The van der Waals surface area contributed by atoms with Crippen LogP contribution in [0.3, 0.4) is 0 Å². The van der Waals surface area contributed by atoms with Crippen LogP contribution in [0.4, 0.5) is 5.69 Å². The lowest BCUT2D eigenvalue weighted by atomic mass is 10.3. The summed E-state index contributed by atoms with van der Waals surface area (Å²) < 4.78 is 6.65. The van der Waals surface area contributed by atoms with Crippen LogP contribution in [-0.2, 0) is 22.7 Å². The quantitative estimate of drug-likeness (QED) is 0.600. The number of hydrogen-bond acceptors (Lipinski definition) is 6. The minimum Gasteiger partial charge on any atom is -0.497 e. The summed E-state index contributed by atoms with van der Waals surface area (Å²) in [6, 6.07) is 7.01. The van der Waals surface area contributed by atoms with Crippen molar-refractivity contribution in [2.75, 3.05) is 25.2 Å². The topological polar surface area (TPSA) is 105 Å². The van der Waals surface area contributed by atoms with Gasteiger partial charge in [-0.1, -0.05) is 11.8 Å². The Morgan fingerprint density at radius 2 is 2.00 bits per heavy atom. The predicted molar refractivity (Wildman–Crippen MR) is 94.6 cm³/mol. The van der Waals surface area contributed by atoms with Gasteiger partial charge in [-0.2, -0.15) is 0 Å². The average Bonchev–Trinajstić information content (AvgIpc) is 3.02. The molecule has 134 valence electrons. The molecule has 9 heteroatoms. The maximum atomic E-state index is 12.1. The molecule has 0 radical (unpaired) electrons. The third kappa shape index (κ3) is 5.23. The van der Waals surface area contributed by atoms with E-state index in [9.17, 15) is 14.7 Å². The fourth-order valence-electron chi connectivity index (χ4n) is 2.03. The zero-order valence-electron chi connectivity index (χ0n) is 14.0. The van der Waals surface area contributed by atoms with E-state index in [4.69, 9.17) is 4.74 Å². The Balaban J connectivity index is 1.96. The Hall–Kier alpha value is -2.52. The molecule has 25 heavy (non-hydrogen) atoms. The van der Waals surface area contributed by atoms with Crippen LogP contribution in [-0.4, -0.2) is 46.4 Å². The zero-order valence-corrected chi connectivity index (χ0v) is 14.8. The number of hydrogen-bond donors (Lipinski definition) is 3. The minimum atomic E-state index is -0.234. The molecule has 0 saturated heterocycles. The average molecular weight is 364 g/mol. The SMILES string of the molecule is CNC(=O)Cn1c(CO)cnc1SCC(=O)Nc1ccc(OC)cc1. The number of likely N-dealkylation sites (N-methyl/N-ethyl adjacent to an activating group) is 1. The molecule has 0 fully saturated rings. The Labute approximate surface area is 149 Å². The van der Waals surface area contributed by atoms with Crippen molar-refractivity contribution in [2.45, 2.75) is 18.3 Å². The number of aliphatic hydroxyl groups excluding tert-OH is 1. The number of nitrogens with one attached hydrogen (secondary N) is 2. The van der Waals surface area contributed by atoms with Gasteiger partial charge in [-0.05, 0) is 24.3 Å². The molecule has 1 aromatic carbocycles. The molecule has 8 nitrogen and oxygen atoms in total. The number of aromatic nitrogens is 2. The van der Waals surface area contributed by atoms with Crippen LogP contribution in [0.5, 0.6) is 5.75 Å². The Morgan fingerprint density at radius 3 is 2.60 bits per heavy atom. The highest BCUT2D eigenvalue weighted by Crippen LogP contribution is 2.20. The fraction of sp³-hybridized carbons (Fsp3) is 0.312. The van der Waals surface area contributed by atoms with Crippen molar-refractivity contribution in [3.05, 3.63) is 36.2 Å². The van der Waals surface area contributed by atoms with Gasteiger partial charge in [0.2, 0.25) is 11.8 Å². The summed E-state index contributed by atoms with van der Waals surface area (Å²) in [5.41, 5.74) is 1.18. The second kappa shape index (κ2) is 9.09. The fourth-order valence-corrected chi connectivity index (χ4v) is 2.82. The van der Waals surface area contributed by atoms with Crippen LogP contribution in [0.25, 0.3) is 0 Å². The number of nitrogens with zero attached hydrogens (tertiary/aromatic N) is 2. The summed E-state index contributed by atoms with van der Waals surface area (Å²) in [6.45, 7) is -0.197. The molecule has 0 aliphatic heterocycles. The smallest absolute Gasteiger partial charge is 0.239 e. The maximum Gasteiger partial charge on any atom is 0.239 e. The molecule has 2 aromatic rings. The summed E-state index contributed by atoms with van der Waals surface area (Å²) in [7, 11) is 3.11. The minimum absolute atomic E-state index is 0.0365. The summed E-state index contributed by atoms with van der Waals surface area (Å²) in [5.74, 6) is 0.425. The van der Waals surface area contributed by atoms with Gasteiger partial charge >= 0.3 is 0 Å². The number of carbonyl (C=O) groups excluding carboxylic acids is 2. The van der Waals surface area contributed by atoms with E-state index < -0.39 is 0 Å². The van der Waals surface area contributed by atoms with E-state index in [1.165, 1.54) is 25.0 Å². The Kier molecular flexibility index (Phi) is 6.84. The first-order valence-corrected chi connectivity index (χ1v) is 8.48. The van der Waals surface area contributed by atoms with Gasteiger partial charge in [-0.25, -0.2) is 4.98 Å². The molecular weight excluding hydrogens is 344 g/mol. The molecule has 1 heterocycles. The predicted octanol–water partition coefficient (Wildman–Crippen LogP) is 0.861. The van der Waals surface area contributed by atoms with Crippen LogP contribution < -0.4 is 15.4 Å². The van der Waals surface area contributed by atoms with E-state index in [0.717, 1.165) is 0 Å². The van der Waals surface area contributed by atoms with E-state index in [-0.39, 0.29) is 30.7 Å². The number of amides is 2. The molecule has 0 bridgehead atoms. The van der Waals surface area contributed by atoms with Gasteiger partial charge in [0.1, 0.15) is 12.3 Å². The molecule has 1 aromatic heterocycles. The van der Waals surface area contributed by atoms with Crippen molar-refractivity contribution in [3.8, 4) is 5.75 Å². The van der Waals surface area contributed by atoms with Crippen molar-refractivity contribution in [1.29, 1.82) is 0 Å². The van der Waals surface area contributed by atoms with Crippen molar-refractivity contribution in [2.24, 2.45) is 0 Å². The van der Waals surface area contributed by atoms with Crippen LogP contribution in [0.15, 0.2) is 35.6 Å². The lowest BCUT2D eigenvalue weighted by molar-refractivity contribution is -0.121. The van der Waals surface area contributed by atoms with E-state index in [1.54, 1.807) is 35.9 Å². The first-order chi connectivity index (χ1) is 12.1. The van der Waals surface area contributed by atoms with E-state index >= 15 is 0 Å². The molecule has 2 amide bonds. The van der Waals surface area contributed by atoms with Crippen LogP contribution in [0, 0.1) is 0 Å². The molecule has 0 saturated carbocycles. The van der Waals surface area contributed by atoms with E-state index in [1.807, 2.05) is 0 Å². The highest BCUT2D eigenvalue weighted by molar-refractivity contribution is 7.99. The van der Waals surface area contributed by atoms with Crippen LogP contribution >= 0.6 is 11.8 Å². The zero-order chi connectivity index (χ0) is 18.2. The molecule has 0 unspecified atom stereocenters. The largest absolute Gasteiger partial charge is 0.497 e. The second-order valence-corrected chi connectivity index (χ2v) is 5.96. The van der Waals surface area contributed by atoms with E-state index in [2.05, 4.69) is 15.6 Å². The van der Waals surface area contributed by atoms with Crippen LogP contribution in [0.2, 0.25) is 0 Å². The first-order valence-electron chi connectivity index (χ1n) is 7.50. The van der Waals surface area contributed by atoms with Gasteiger partial charge in [-0.3, -0.25) is 9.59 Å². The second-order valence-electron chi connectivity index (χ2n) is 5.01. The number of anilines is 1. The number of imidazole rings is 1. The lowest BCUT2D eigenvalue weighted by Gasteiger charge is -2.10. The molecule has 3 N–H and O–H groups in total. The lowest BCUT2D eigenvalue weighted by Crippen LogP contribution is -2.25. The first kappa shape index (κ1) is 18.8. The molecule has 2 rings (SSSR count). The number of carbonyl (C=O) groups is 2. The normalized spacial score (nSPS) is 10.4. The third-order valence-electron chi connectivity index (χ3n) is 3.35. The molecule has 0 spiro atoms. The van der Waals surface area contributed by atoms with Gasteiger partial charge < -0.3 is 25.0 Å². The maximum absolute atomic E-state index is 12.1. The van der Waals surface area contributed by atoms with Crippen LogP contribution in [0.1, 0.15) is 5.69 Å². The monoisotopic (exact) mass is 364 g/mol. The number of methoxy groups -OCH3 is 1. The summed E-state index contributed by atoms with van der Waals surface area (Å²) >= 11 is 1.19. The number of aliphatic hydroxyl groups is 1. The van der Waals surface area contributed by atoms with Gasteiger partial charge in [-0.15, -0.1) is 0 Å². The van der Waals surface area contributed by atoms with Crippen molar-refractivity contribution >= 4 is 29.3 Å². The Bertz CT molecular complexity index is 730. The number of benzene rings is 1. The summed E-state index contributed by atoms with van der Waals surface area (Å²) in [5, 5.41) is 15.1. The third-order valence-corrected chi connectivity index (χ3v) is 4.34. The summed E-state index contributed by atoms with van der Waals surface area (Å²) in [4.78, 5) is 27.8. The van der Waals surface area contributed by atoms with Gasteiger partial charge in [0.25, 0.3) is 0 Å². The Morgan fingerprint density at radius 1 is 1.28 bits per heavy atom. The molecule has 0 atom stereocenters. The van der Waals surface area contributed by atoms with Gasteiger partial charge in [0.15, 0.2) is 5.16 Å². The molecule has 0 aliphatic rings. The number of ether oxygens (including phenoxy) is 1. The van der Waals surface area contributed by atoms with E-state index in [0.29, 0.717) is 22.3 Å². The van der Waals surface area contributed by atoms with Crippen molar-refractivity contribution < 1.29 is 19.4 Å². The van der Waals surface area contributed by atoms with Gasteiger partial charge in [0.05, 0.1) is 31.4 Å². The molecular formula is C16H20N4O4S. The standard InChI is InChI=1S/C16H20N4O4S/c1-17-14(22)8-20-12(9-21)7-18-16(20)25-10-15(23)19-11-3-5-13(24-2)6-4-11/h3-7,21H,8-10H2,1-2H3,(H,17,22)(H,19,23).